The molecule has 0 radical (unpaired) electrons. The van der Waals surface area contributed by atoms with Gasteiger partial charge in [0.15, 0.2) is 0 Å². The Labute approximate surface area is 105 Å². The number of fused-ring (bicyclic) bond motifs is 1. The van der Waals surface area contributed by atoms with E-state index in [-0.39, 0.29) is 0 Å². The minimum atomic E-state index is 0.566. The maximum atomic E-state index is 5.61. The first-order chi connectivity index (χ1) is 8.86. The number of rotatable bonds is 4. The Morgan fingerprint density at radius 3 is 3.11 bits per heavy atom. The lowest BCUT2D eigenvalue weighted by atomic mass is 10.1. The lowest BCUT2D eigenvalue weighted by molar-refractivity contribution is 0.357. The van der Waals surface area contributed by atoms with E-state index in [1.54, 1.807) is 0 Å². The van der Waals surface area contributed by atoms with Gasteiger partial charge in [-0.2, -0.15) is 0 Å². The van der Waals surface area contributed by atoms with Crippen molar-refractivity contribution in [2.75, 3.05) is 13.2 Å². The zero-order valence-corrected chi connectivity index (χ0v) is 10.1. The van der Waals surface area contributed by atoms with Gasteiger partial charge in [-0.1, -0.05) is 0 Å². The Morgan fingerprint density at radius 2 is 2.22 bits per heavy atom. The van der Waals surface area contributed by atoms with Gasteiger partial charge in [-0.05, 0) is 36.7 Å². The van der Waals surface area contributed by atoms with Gasteiger partial charge in [0.25, 0.3) is 0 Å². The maximum Gasteiger partial charge on any atom is 0.247 e. The molecule has 0 unspecified atom stereocenters. The van der Waals surface area contributed by atoms with Crippen molar-refractivity contribution >= 4 is 0 Å². The van der Waals surface area contributed by atoms with Crippen LogP contribution in [-0.2, 0) is 12.8 Å². The molecule has 0 amide bonds. The number of ether oxygens (including phenoxy) is 1. The quantitative estimate of drug-likeness (QED) is 0.884. The molecule has 3 rings (SSSR count). The molecule has 2 N–H and O–H groups in total. The van der Waals surface area contributed by atoms with E-state index >= 15 is 0 Å². The SMILES string of the molecule is NCCCc1nnc(-c2ccc3c(c2)CCO3)o1. The van der Waals surface area contributed by atoms with Gasteiger partial charge in [-0.25, -0.2) is 0 Å². The predicted octanol–water partition coefficient (Wildman–Crippen LogP) is 1.56. The normalized spacial score (nSPS) is 13.4. The van der Waals surface area contributed by atoms with Gasteiger partial charge < -0.3 is 14.9 Å². The van der Waals surface area contributed by atoms with Crippen LogP contribution in [0.2, 0.25) is 0 Å². The van der Waals surface area contributed by atoms with E-state index in [1.165, 1.54) is 5.56 Å². The largest absolute Gasteiger partial charge is 0.493 e. The van der Waals surface area contributed by atoms with Gasteiger partial charge >= 0.3 is 0 Å². The molecule has 94 valence electrons. The first-order valence-electron chi connectivity index (χ1n) is 6.15. The molecule has 1 aromatic heterocycles. The Kier molecular flexibility index (Phi) is 2.98. The van der Waals surface area contributed by atoms with E-state index in [0.29, 0.717) is 18.3 Å². The smallest absolute Gasteiger partial charge is 0.247 e. The summed E-state index contributed by atoms with van der Waals surface area (Å²) in [5.74, 6) is 2.17. The van der Waals surface area contributed by atoms with Crippen LogP contribution in [0.1, 0.15) is 17.9 Å². The summed E-state index contributed by atoms with van der Waals surface area (Å²) >= 11 is 0. The summed E-state index contributed by atoms with van der Waals surface area (Å²) in [5.41, 5.74) is 7.60. The molecule has 2 aromatic rings. The third kappa shape index (κ3) is 2.09. The summed E-state index contributed by atoms with van der Waals surface area (Å²) < 4.78 is 11.1. The fourth-order valence-electron chi connectivity index (χ4n) is 2.04. The maximum absolute atomic E-state index is 5.61. The first-order valence-corrected chi connectivity index (χ1v) is 6.15. The van der Waals surface area contributed by atoms with E-state index in [0.717, 1.165) is 37.2 Å². The van der Waals surface area contributed by atoms with Crippen molar-refractivity contribution in [1.29, 1.82) is 0 Å². The number of hydrogen-bond acceptors (Lipinski definition) is 5. The van der Waals surface area contributed by atoms with Crippen molar-refractivity contribution in [2.45, 2.75) is 19.3 Å². The average Bonchev–Trinajstić information content (AvgIpc) is 3.04. The standard InChI is InChI=1S/C13H15N3O2/c14-6-1-2-12-15-16-13(18-12)10-3-4-11-9(8-10)5-7-17-11/h3-4,8H,1-2,5-7,14H2. The van der Waals surface area contributed by atoms with E-state index in [1.807, 2.05) is 12.1 Å². The van der Waals surface area contributed by atoms with E-state index in [2.05, 4.69) is 16.3 Å². The van der Waals surface area contributed by atoms with Gasteiger partial charge in [0.1, 0.15) is 5.75 Å². The van der Waals surface area contributed by atoms with Crippen LogP contribution in [0.15, 0.2) is 22.6 Å². The Balaban J connectivity index is 1.83. The molecule has 0 saturated carbocycles. The van der Waals surface area contributed by atoms with Crippen LogP contribution in [0, 0.1) is 0 Å². The lowest BCUT2D eigenvalue weighted by Gasteiger charge is -1.99. The van der Waals surface area contributed by atoms with Gasteiger partial charge in [-0.15, -0.1) is 10.2 Å². The summed E-state index contributed by atoms with van der Waals surface area (Å²) in [7, 11) is 0. The lowest BCUT2D eigenvalue weighted by Crippen LogP contribution is -2.00. The van der Waals surface area contributed by atoms with Crippen LogP contribution in [0.4, 0.5) is 0 Å². The van der Waals surface area contributed by atoms with Crippen LogP contribution < -0.4 is 10.5 Å². The highest BCUT2D eigenvalue weighted by atomic mass is 16.5. The predicted molar refractivity (Wildman–Crippen MR) is 66.3 cm³/mol. The van der Waals surface area contributed by atoms with Crippen molar-refractivity contribution in [2.24, 2.45) is 5.73 Å². The van der Waals surface area contributed by atoms with Crippen molar-refractivity contribution in [3.63, 3.8) is 0 Å². The fraction of sp³-hybridized carbons (Fsp3) is 0.385. The van der Waals surface area contributed by atoms with Crippen molar-refractivity contribution in [3.05, 3.63) is 29.7 Å². The molecule has 0 saturated heterocycles. The number of aryl methyl sites for hydroxylation is 1. The molecule has 0 atom stereocenters. The summed E-state index contributed by atoms with van der Waals surface area (Å²) in [6.45, 7) is 1.39. The highest BCUT2D eigenvalue weighted by molar-refractivity contribution is 5.57. The van der Waals surface area contributed by atoms with Gasteiger partial charge in [-0.3, -0.25) is 0 Å². The second kappa shape index (κ2) is 4.78. The second-order valence-corrected chi connectivity index (χ2v) is 4.31. The topological polar surface area (TPSA) is 74.2 Å². The van der Waals surface area contributed by atoms with Crippen LogP contribution in [0.25, 0.3) is 11.5 Å². The average molecular weight is 245 g/mol. The number of nitrogens with zero attached hydrogens (tertiary/aromatic N) is 2. The zero-order chi connectivity index (χ0) is 12.4. The highest BCUT2D eigenvalue weighted by Crippen LogP contribution is 2.29. The van der Waals surface area contributed by atoms with Crippen LogP contribution in [0.5, 0.6) is 5.75 Å². The van der Waals surface area contributed by atoms with Crippen LogP contribution >= 0.6 is 0 Å². The number of benzene rings is 1. The third-order valence-corrected chi connectivity index (χ3v) is 3.00. The molecule has 0 fully saturated rings. The monoisotopic (exact) mass is 245 g/mol. The van der Waals surface area contributed by atoms with E-state index in [4.69, 9.17) is 14.9 Å². The molecular weight excluding hydrogens is 230 g/mol. The summed E-state index contributed by atoms with van der Waals surface area (Å²) in [5, 5.41) is 8.09. The molecular formula is C13H15N3O2. The number of hydrogen-bond donors (Lipinski definition) is 1. The molecule has 1 aliphatic heterocycles. The minimum absolute atomic E-state index is 0.566. The van der Waals surface area contributed by atoms with E-state index in [9.17, 15) is 0 Å². The molecule has 0 aliphatic carbocycles. The highest BCUT2D eigenvalue weighted by Gasteiger charge is 2.15. The molecule has 1 aliphatic rings. The third-order valence-electron chi connectivity index (χ3n) is 3.00. The van der Waals surface area contributed by atoms with Crippen molar-refractivity contribution < 1.29 is 9.15 Å². The van der Waals surface area contributed by atoms with E-state index < -0.39 is 0 Å². The molecule has 18 heavy (non-hydrogen) atoms. The van der Waals surface area contributed by atoms with Crippen molar-refractivity contribution in [3.8, 4) is 17.2 Å². The molecule has 5 heteroatoms. The molecule has 0 spiro atoms. The first kappa shape index (κ1) is 11.2. The molecule has 0 bridgehead atoms. The minimum Gasteiger partial charge on any atom is -0.493 e. The Bertz CT molecular complexity index is 551. The zero-order valence-electron chi connectivity index (χ0n) is 10.1. The molecule has 2 heterocycles. The molecule has 1 aromatic carbocycles. The Hall–Kier alpha value is -1.88. The van der Waals surface area contributed by atoms with Crippen molar-refractivity contribution in [1.82, 2.24) is 10.2 Å². The van der Waals surface area contributed by atoms with Gasteiger partial charge in [0.2, 0.25) is 11.8 Å². The Morgan fingerprint density at radius 1 is 1.28 bits per heavy atom. The summed E-state index contributed by atoms with van der Waals surface area (Å²) in [4.78, 5) is 0. The fourth-order valence-corrected chi connectivity index (χ4v) is 2.04. The van der Waals surface area contributed by atoms with Gasteiger partial charge in [0, 0.05) is 18.4 Å². The van der Waals surface area contributed by atoms with Crippen LogP contribution in [0.3, 0.4) is 0 Å². The van der Waals surface area contributed by atoms with Crippen LogP contribution in [-0.4, -0.2) is 23.3 Å². The summed E-state index contributed by atoms with van der Waals surface area (Å²) in [6.07, 6.45) is 2.54. The molecule has 5 nitrogen and oxygen atoms in total. The second-order valence-electron chi connectivity index (χ2n) is 4.31. The summed E-state index contributed by atoms with van der Waals surface area (Å²) in [6, 6.07) is 5.97. The van der Waals surface area contributed by atoms with Gasteiger partial charge in [0.05, 0.1) is 6.61 Å². The number of aromatic nitrogens is 2. The number of nitrogens with two attached hydrogens (primary N) is 1.